The van der Waals surface area contributed by atoms with Crippen molar-refractivity contribution in [2.45, 2.75) is 12.4 Å². The van der Waals surface area contributed by atoms with E-state index in [0.29, 0.717) is 17.1 Å². The van der Waals surface area contributed by atoms with Crippen molar-refractivity contribution in [3.8, 4) is 11.4 Å². The molecule has 0 saturated carbocycles. The third-order valence-electron chi connectivity index (χ3n) is 3.85. The topological polar surface area (TPSA) is 63.8 Å². The fourth-order valence-corrected chi connectivity index (χ4v) is 2.61. The summed E-state index contributed by atoms with van der Waals surface area (Å²) in [5.41, 5.74) is 2.84. The van der Waals surface area contributed by atoms with E-state index in [-0.39, 0.29) is 23.2 Å². The van der Waals surface area contributed by atoms with Gasteiger partial charge < -0.3 is 11.1 Å². The zero-order chi connectivity index (χ0) is 20.0. The molecule has 0 fully saturated rings. The molecule has 0 aliphatic rings. The monoisotopic (exact) mass is 386 g/mol. The van der Waals surface area contributed by atoms with Crippen molar-refractivity contribution in [1.29, 1.82) is 0 Å². The van der Waals surface area contributed by atoms with E-state index in [2.05, 4.69) is 15.3 Å². The van der Waals surface area contributed by atoms with Crippen molar-refractivity contribution >= 4 is 22.4 Å². The molecule has 0 bridgehead atoms. The highest BCUT2D eigenvalue weighted by Crippen LogP contribution is 2.40. The number of nitrogen functional groups attached to an aromatic ring is 1. The van der Waals surface area contributed by atoms with Crippen molar-refractivity contribution < 1.29 is 26.3 Å². The lowest BCUT2D eigenvalue weighted by atomic mass is 10.0. The summed E-state index contributed by atoms with van der Waals surface area (Å²) >= 11 is 0. The van der Waals surface area contributed by atoms with Gasteiger partial charge in [0.1, 0.15) is 5.82 Å². The van der Waals surface area contributed by atoms with Crippen LogP contribution in [0.5, 0.6) is 0 Å². The minimum atomic E-state index is -5.02. The lowest BCUT2D eigenvalue weighted by Crippen LogP contribution is -2.13. The average Bonchev–Trinajstić information content (AvgIpc) is 2.58. The second kappa shape index (κ2) is 6.29. The van der Waals surface area contributed by atoms with Crippen LogP contribution in [0, 0.1) is 0 Å². The number of rotatable bonds is 2. The first-order valence-corrected chi connectivity index (χ1v) is 7.54. The van der Waals surface area contributed by atoms with Crippen molar-refractivity contribution in [2.75, 3.05) is 18.1 Å². The highest BCUT2D eigenvalue weighted by atomic mass is 19.4. The van der Waals surface area contributed by atoms with Gasteiger partial charge in [0.2, 0.25) is 0 Å². The summed E-state index contributed by atoms with van der Waals surface area (Å²) in [6.45, 7) is 0. The second-order valence-corrected chi connectivity index (χ2v) is 5.68. The van der Waals surface area contributed by atoms with Crippen LogP contribution >= 0.6 is 0 Å². The summed E-state index contributed by atoms with van der Waals surface area (Å²) in [6.07, 6.45) is -9.93. The molecule has 1 aromatic heterocycles. The molecule has 27 heavy (non-hydrogen) atoms. The number of halogens is 6. The Labute approximate surface area is 149 Å². The fourth-order valence-electron chi connectivity index (χ4n) is 2.61. The Kier molecular flexibility index (Phi) is 4.37. The number of hydrogen-bond acceptors (Lipinski definition) is 4. The van der Waals surface area contributed by atoms with Gasteiger partial charge >= 0.3 is 12.4 Å². The third kappa shape index (κ3) is 3.60. The van der Waals surface area contributed by atoms with E-state index in [4.69, 9.17) is 5.73 Å². The number of alkyl halides is 6. The Morgan fingerprint density at radius 3 is 2.19 bits per heavy atom. The molecule has 0 aliphatic carbocycles. The molecule has 10 heteroatoms. The second-order valence-electron chi connectivity index (χ2n) is 5.68. The van der Waals surface area contributed by atoms with E-state index < -0.39 is 29.0 Å². The van der Waals surface area contributed by atoms with E-state index in [1.54, 1.807) is 12.1 Å². The standard InChI is InChI=1S/C17H12F6N4/c1-25-14-11-5-3-9(24)7-13(11)26-15(27-14)10-4-2-8(16(18,19)20)6-12(10)17(21,22)23/h2-7H,24H2,1H3,(H,25,26,27). The van der Waals surface area contributed by atoms with Gasteiger partial charge in [-0.15, -0.1) is 0 Å². The highest BCUT2D eigenvalue weighted by Gasteiger charge is 2.39. The van der Waals surface area contributed by atoms with Crippen molar-refractivity contribution in [3.63, 3.8) is 0 Å². The molecular weight excluding hydrogens is 374 g/mol. The maximum atomic E-state index is 13.4. The van der Waals surface area contributed by atoms with Crippen molar-refractivity contribution in [3.05, 3.63) is 47.5 Å². The van der Waals surface area contributed by atoms with Crippen LogP contribution in [-0.4, -0.2) is 17.0 Å². The van der Waals surface area contributed by atoms with E-state index in [9.17, 15) is 26.3 Å². The van der Waals surface area contributed by atoms with Gasteiger partial charge in [-0.25, -0.2) is 9.97 Å². The van der Waals surface area contributed by atoms with Gasteiger partial charge in [0.15, 0.2) is 5.82 Å². The smallest absolute Gasteiger partial charge is 0.399 e. The Bertz CT molecular complexity index is 1010. The summed E-state index contributed by atoms with van der Waals surface area (Å²) in [6, 6.07) is 5.96. The van der Waals surface area contributed by atoms with Crippen molar-refractivity contribution in [1.82, 2.24) is 9.97 Å². The minimum absolute atomic E-state index is 0.0568. The molecule has 3 rings (SSSR count). The zero-order valence-corrected chi connectivity index (χ0v) is 13.7. The number of anilines is 2. The van der Waals surface area contributed by atoms with Gasteiger partial charge in [-0.1, -0.05) is 0 Å². The van der Waals surface area contributed by atoms with Crippen molar-refractivity contribution in [2.24, 2.45) is 0 Å². The molecule has 0 spiro atoms. The number of fused-ring (bicyclic) bond motifs is 1. The molecule has 0 atom stereocenters. The molecule has 4 nitrogen and oxygen atoms in total. The molecule has 0 saturated heterocycles. The molecule has 142 valence electrons. The Morgan fingerprint density at radius 2 is 1.59 bits per heavy atom. The minimum Gasteiger partial charge on any atom is -0.399 e. The van der Waals surface area contributed by atoms with Gasteiger partial charge in [-0.3, -0.25) is 0 Å². The Hall–Kier alpha value is -3.04. The van der Waals surface area contributed by atoms with Gasteiger partial charge in [-0.05, 0) is 36.4 Å². The van der Waals surface area contributed by atoms with Crippen LogP contribution in [0.3, 0.4) is 0 Å². The molecule has 0 unspecified atom stereocenters. The maximum absolute atomic E-state index is 13.4. The average molecular weight is 386 g/mol. The van der Waals surface area contributed by atoms with Gasteiger partial charge in [-0.2, -0.15) is 26.3 Å². The molecule has 0 radical (unpaired) electrons. The highest BCUT2D eigenvalue weighted by molar-refractivity contribution is 5.92. The van der Waals surface area contributed by atoms with Crippen LogP contribution in [0.2, 0.25) is 0 Å². The molecule has 0 aliphatic heterocycles. The number of nitrogens with one attached hydrogen (secondary N) is 1. The fraction of sp³-hybridized carbons (Fsp3) is 0.176. The summed E-state index contributed by atoms with van der Waals surface area (Å²) < 4.78 is 78.7. The number of aromatic nitrogens is 2. The normalized spacial score (nSPS) is 12.4. The maximum Gasteiger partial charge on any atom is 0.417 e. The molecule has 3 aromatic rings. The first-order chi connectivity index (χ1) is 12.5. The van der Waals surface area contributed by atoms with E-state index in [0.717, 1.165) is 6.07 Å². The first kappa shape index (κ1) is 18.7. The number of nitrogens with two attached hydrogens (primary N) is 1. The van der Waals surface area contributed by atoms with Crippen LogP contribution in [0.4, 0.5) is 37.8 Å². The van der Waals surface area contributed by atoms with E-state index in [1.165, 1.54) is 13.1 Å². The Morgan fingerprint density at radius 1 is 0.889 bits per heavy atom. The molecule has 0 amide bonds. The zero-order valence-electron chi connectivity index (χ0n) is 13.7. The quantitative estimate of drug-likeness (QED) is 0.483. The largest absolute Gasteiger partial charge is 0.417 e. The van der Waals surface area contributed by atoms with Crippen LogP contribution in [-0.2, 0) is 12.4 Å². The van der Waals surface area contributed by atoms with Gasteiger partial charge in [0, 0.05) is 23.7 Å². The molecule has 2 aromatic carbocycles. The summed E-state index contributed by atoms with van der Waals surface area (Å²) in [7, 11) is 1.51. The number of benzene rings is 2. The predicted octanol–water partition coefficient (Wildman–Crippen LogP) is 4.96. The van der Waals surface area contributed by atoms with Gasteiger partial charge in [0.25, 0.3) is 0 Å². The van der Waals surface area contributed by atoms with Crippen LogP contribution in [0.15, 0.2) is 36.4 Å². The lowest BCUT2D eigenvalue weighted by Gasteiger charge is -2.16. The molecular formula is C17H12F6N4. The predicted molar refractivity (Wildman–Crippen MR) is 88.9 cm³/mol. The lowest BCUT2D eigenvalue weighted by molar-refractivity contribution is -0.142. The Balaban J connectivity index is 2.30. The third-order valence-corrected chi connectivity index (χ3v) is 3.85. The summed E-state index contributed by atoms with van der Waals surface area (Å²) in [5.74, 6) is -0.137. The summed E-state index contributed by atoms with van der Waals surface area (Å²) in [4.78, 5) is 8.11. The van der Waals surface area contributed by atoms with Crippen LogP contribution < -0.4 is 11.1 Å². The van der Waals surface area contributed by atoms with Gasteiger partial charge in [0.05, 0.1) is 16.6 Å². The van der Waals surface area contributed by atoms with E-state index >= 15 is 0 Å². The molecule has 3 N–H and O–H groups in total. The first-order valence-electron chi connectivity index (χ1n) is 7.54. The number of nitrogens with zero attached hydrogens (tertiary/aromatic N) is 2. The van der Waals surface area contributed by atoms with Crippen LogP contribution in [0.1, 0.15) is 11.1 Å². The number of hydrogen-bond donors (Lipinski definition) is 2. The summed E-state index contributed by atoms with van der Waals surface area (Å²) in [5, 5.41) is 3.25. The SMILES string of the molecule is CNc1nc(-c2ccc(C(F)(F)F)cc2C(F)(F)F)nc2cc(N)ccc12. The van der Waals surface area contributed by atoms with Crippen LogP contribution in [0.25, 0.3) is 22.3 Å². The van der Waals surface area contributed by atoms with E-state index in [1.807, 2.05) is 0 Å². The molecule has 1 heterocycles.